The fraction of sp³-hybridized carbons (Fsp3) is 0.250. The summed E-state index contributed by atoms with van der Waals surface area (Å²) in [6.45, 7) is 0. The van der Waals surface area contributed by atoms with Crippen molar-refractivity contribution in [1.82, 2.24) is 0 Å². The highest BCUT2D eigenvalue weighted by Gasteiger charge is 2.38. The first-order valence-electron chi connectivity index (χ1n) is 3.48. The van der Waals surface area contributed by atoms with E-state index >= 15 is 0 Å². The maximum atomic E-state index is 12.2. The molecule has 0 bridgehead atoms. The van der Waals surface area contributed by atoms with E-state index in [1.54, 1.807) is 0 Å². The summed E-state index contributed by atoms with van der Waals surface area (Å²) in [6, 6.07) is 3.80. The molecule has 0 amide bonds. The van der Waals surface area contributed by atoms with E-state index in [9.17, 15) is 13.2 Å². The van der Waals surface area contributed by atoms with Gasteiger partial charge in [-0.2, -0.15) is 13.2 Å². The molecule has 0 aliphatic rings. The molecule has 14 heavy (non-hydrogen) atoms. The molecule has 1 atom stereocenters. The SMILES string of the molecule is FC(F)(F)C(Br)c1ccc(Cl)c(Cl)c1. The zero-order valence-electron chi connectivity index (χ0n) is 6.58. The van der Waals surface area contributed by atoms with Gasteiger partial charge in [-0.05, 0) is 17.7 Å². The van der Waals surface area contributed by atoms with Crippen LogP contribution >= 0.6 is 39.1 Å². The first kappa shape index (κ1) is 12.1. The molecule has 1 unspecified atom stereocenters. The van der Waals surface area contributed by atoms with Gasteiger partial charge in [-0.25, -0.2) is 0 Å². The first-order chi connectivity index (χ1) is 6.32. The number of hydrogen-bond acceptors (Lipinski definition) is 0. The Morgan fingerprint density at radius 2 is 1.71 bits per heavy atom. The van der Waals surface area contributed by atoms with Gasteiger partial charge in [0.2, 0.25) is 0 Å². The summed E-state index contributed by atoms with van der Waals surface area (Å²) in [5, 5.41) is 0.343. The van der Waals surface area contributed by atoms with Crippen molar-refractivity contribution in [2.24, 2.45) is 0 Å². The Balaban J connectivity index is 3.03. The van der Waals surface area contributed by atoms with E-state index in [1.807, 2.05) is 0 Å². The van der Waals surface area contributed by atoms with E-state index in [0.29, 0.717) is 0 Å². The third-order valence-electron chi connectivity index (χ3n) is 1.52. The first-order valence-corrected chi connectivity index (χ1v) is 5.15. The standard InChI is InChI=1S/C8H4BrCl2F3/c9-7(8(12,13)14)4-1-2-5(10)6(11)3-4/h1-3,7H. The molecule has 78 valence electrons. The van der Waals surface area contributed by atoms with Crippen LogP contribution in [0, 0.1) is 0 Å². The summed E-state index contributed by atoms with van der Waals surface area (Å²) in [5.74, 6) is 0. The largest absolute Gasteiger partial charge is 0.405 e. The van der Waals surface area contributed by atoms with Gasteiger partial charge in [-0.15, -0.1) is 0 Å². The normalized spacial score (nSPS) is 14.1. The molecule has 1 aromatic rings. The van der Waals surface area contributed by atoms with Crippen molar-refractivity contribution < 1.29 is 13.2 Å². The number of alkyl halides is 4. The zero-order chi connectivity index (χ0) is 10.9. The quantitative estimate of drug-likeness (QED) is 0.641. The lowest BCUT2D eigenvalue weighted by Gasteiger charge is -2.14. The minimum Gasteiger partial charge on any atom is -0.169 e. The third-order valence-corrected chi connectivity index (χ3v) is 3.31. The van der Waals surface area contributed by atoms with E-state index in [0.717, 1.165) is 0 Å². The highest BCUT2D eigenvalue weighted by atomic mass is 79.9. The molecule has 0 N–H and O–H groups in total. The van der Waals surface area contributed by atoms with Gasteiger partial charge in [0.1, 0.15) is 4.83 Å². The lowest BCUT2D eigenvalue weighted by atomic mass is 10.1. The van der Waals surface area contributed by atoms with E-state index in [1.165, 1.54) is 18.2 Å². The van der Waals surface area contributed by atoms with Gasteiger partial charge in [0.15, 0.2) is 0 Å². The van der Waals surface area contributed by atoms with Crippen LogP contribution in [0.15, 0.2) is 18.2 Å². The molecule has 0 nitrogen and oxygen atoms in total. The van der Waals surface area contributed by atoms with Crippen LogP contribution in [-0.4, -0.2) is 6.18 Å². The molecule has 0 aromatic heterocycles. The average molecular weight is 308 g/mol. The highest BCUT2D eigenvalue weighted by molar-refractivity contribution is 9.09. The second kappa shape index (κ2) is 4.29. The number of rotatable bonds is 1. The van der Waals surface area contributed by atoms with Gasteiger partial charge in [0.25, 0.3) is 0 Å². The lowest BCUT2D eigenvalue weighted by molar-refractivity contribution is -0.128. The van der Waals surface area contributed by atoms with E-state index < -0.39 is 11.0 Å². The maximum absolute atomic E-state index is 12.2. The van der Waals surface area contributed by atoms with Crippen molar-refractivity contribution in [2.75, 3.05) is 0 Å². The van der Waals surface area contributed by atoms with Crippen molar-refractivity contribution in [1.29, 1.82) is 0 Å². The summed E-state index contributed by atoms with van der Waals surface area (Å²) >= 11 is 13.7. The average Bonchev–Trinajstić information content (AvgIpc) is 2.07. The van der Waals surface area contributed by atoms with Crippen LogP contribution in [0.1, 0.15) is 10.4 Å². The molecule has 0 saturated carbocycles. The monoisotopic (exact) mass is 306 g/mol. The summed E-state index contributed by atoms with van der Waals surface area (Å²) in [5.41, 5.74) is 0.0342. The van der Waals surface area contributed by atoms with Crippen LogP contribution in [0.3, 0.4) is 0 Å². The van der Waals surface area contributed by atoms with Gasteiger partial charge >= 0.3 is 6.18 Å². The molecule has 0 spiro atoms. The second-order valence-electron chi connectivity index (χ2n) is 2.58. The molecule has 0 aliphatic heterocycles. The molecule has 0 fully saturated rings. The molecule has 0 saturated heterocycles. The summed E-state index contributed by atoms with van der Waals surface area (Å²) in [7, 11) is 0. The molecule has 0 aliphatic carbocycles. The topological polar surface area (TPSA) is 0 Å². The summed E-state index contributed by atoms with van der Waals surface area (Å²) in [4.78, 5) is -1.72. The van der Waals surface area contributed by atoms with Crippen LogP contribution in [0.2, 0.25) is 10.0 Å². The Morgan fingerprint density at radius 3 is 2.14 bits per heavy atom. The minimum absolute atomic E-state index is 0.0342. The van der Waals surface area contributed by atoms with E-state index in [2.05, 4.69) is 15.9 Å². The van der Waals surface area contributed by atoms with Gasteiger partial charge in [0, 0.05) is 0 Å². The molecular formula is C8H4BrCl2F3. The predicted molar refractivity (Wildman–Crippen MR) is 54.2 cm³/mol. The van der Waals surface area contributed by atoms with E-state index in [-0.39, 0.29) is 15.6 Å². The third kappa shape index (κ3) is 2.78. The van der Waals surface area contributed by atoms with Crippen molar-refractivity contribution >= 4 is 39.1 Å². The van der Waals surface area contributed by atoms with Crippen LogP contribution < -0.4 is 0 Å². The van der Waals surface area contributed by atoms with Crippen molar-refractivity contribution in [3.8, 4) is 0 Å². The molecule has 0 radical (unpaired) electrons. The van der Waals surface area contributed by atoms with Gasteiger partial charge in [-0.3, -0.25) is 0 Å². The minimum atomic E-state index is -4.34. The Morgan fingerprint density at radius 1 is 1.14 bits per heavy atom. The van der Waals surface area contributed by atoms with Gasteiger partial charge < -0.3 is 0 Å². The molecule has 0 heterocycles. The second-order valence-corrected chi connectivity index (χ2v) is 4.31. The summed E-state index contributed by atoms with van der Waals surface area (Å²) < 4.78 is 36.7. The van der Waals surface area contributed by atoms with Crippen LogP contribution in [0.25, 0.3) is 0 Å². The predicted octanol–water partition coefficient (Wildman–Crippen LogP) is 4.99. The molecular weight excluding hydrogens is 304 g/mol. The molecule has 6 heteroatoms. The smallest absolute Gasteiger partial charge is 0.169 e. The fourth-order valence-electron chi connectivity index (χ4n) is 0.859. The lowest BCUT2D eigenvalue weighted by Crippen LogP contribution is -2.15. The van der Waals surface area contributed by atoms with Crippen molar-refractivity contribution in [3.63, 3.8) is 0 Å². The Hall–Kier alpha value is 0.0700. The van der Waals surface area contributed by atoms with Gasteiger partial charge in [-0.1, -0.05) is 45.2 Å². The van der Waals surface area contributed by atoms with E-state index in [4.69, 9.17) is 23.2 Å². The Bertz CT molecular complexity index is 338. The Labute approximate surface area is 97.1 Å². The van der Waals surface area contributed by atoms with Crippen molar-refractivity contribution in [3.05, 3.63) is 33.8 Å². The summed E-state index contributed by atoms with van der Waals surface area (Å²) in [6.07, 6.45) is -4.34. The van der Waals surface area contributed by atoms with Crippen molar-refractivity contribution in [2.45, 2.75) is 11.0 Å². The fourth-order valence-corrected chi connectivity index (χ4v) is 1.45. The number of benzene rings is 1. The zero-order valence-corrected chi connectivity index (χ0v) is 9.68. The van der Waals surface area contributed by atoms with Crippen LogP contribution in [0.4, 0.5) is 13.2 Å². The highest BCUT2D eigenvalue weighted by Crippen LogP contribution is 2.41. The molecule has 1 aromatic carbocycles. The Kier molecular flexibility index (Phi) is 3.72. The van der Waals surface area contributed by atoms with Crippen LogP contribution in [-0.2, 0) is 0 Å². The maximum Gasteiger partial charge on any atom is 0.405 e. The van der Waals surface area contributed by atoms with Gasteiger partial charge in [0.05, 0.1) is 10.0 Å². The van der Waals surface area contributed by atoms with Crippen LogP contribution in [0.5, 0.6) is 0 Å². The number of halogens is 6. The molecule has 1 rings (SSSR count). The number of hydrogen-bond donors (Lipinski definition) is 0.